The molecule has 0 atom stereocenters. The van der Waals surface area contributed by atoms with E-state index in [-0.39, 0.29) is 24.1 Å². The number of carbonyl (C=O) groups is 1. The molecule has 2 N–H and O–H groups in total. The van der Waals surface area contributed by atoms with E-state index in [1.165, 1.54) is 24.3 Å². The van der Waals surface area contributed by atoms with E-state index in [0.29, 0.717) is 17.3 Å². The highest BCUT2D eigenvalue weighted by Crippen LogP contribution is 2.43. The van der Waals surface area contributed by atoms with E-state index in [9.17, 15) is 9.18 Å². The van der Waals surface area contributed by atoms with Crippen molar-refractivity contribution in [2.24, 2.45) is 0 Å². The number of hydrogen-bond donors (Lipinski definition) is 2. The van der Waals surface area contributed by atoms with Gasteiger partial charge in [0, 0.05) is 0 Å². The molecule has 3 aromatic rings. The third-order valence-electron chi connectivity index (χ3n) is 3.96. The van der Waals surface area contributed by atoms with Gasteiger partial charge in [0.1, 0.15) is 29.5 Å². The van der Waals surface area contributed by atoms with Crippen molar-refractivity contribution in [3.8, 4) is 5.75 Å². The van der Waals surface area contributed by atoms with Gasteiger partial charge in [0.15, 0.2) is 11.6 Å². The third kappa shape index (κ3) is 3.21. The first-order chi connectivity index (χ1) is 12.1. The fourth-order valence-electron chi connectivity index (χ4n) is 2.44. The zero-order chi connectivity index (χ0) is 17.3. The first kappa shape index (κ1) is 15.3. The van der Waals surface area contributed by atoms with Gasteiger partial charge in [0.2, 0.25) is 0 Å². The lowest BCUT2D eigenvalue weighted by atomic mass is 10.2. The van der Waals surface area contributed by atoms with E-state index in [1.54, 1.807) is 12.1 Å². The number of hydrogen-bond acceptors (Lipinski definition) is 6. The zero-order valence-corrected chi connectivity index (χ0v) is 13.0. The highest BCUT2D eigenvalue weighted by molar-refractivity contribution is 5.92. The number of nitrogens with zero attached hydrogens (tertiary/aromatic N) is 3. The summed E-state index contributed by atoms with van der Waals surface area (Å²) in [7, 11) is 0. The van der Waals surface area contributed by atoms with Crippen molar-refractivity contribution in [2.45, 2.75) is 25.0 Å². The van der Waals surface area contributed by atoms with Gasteiger partial charge in [-0.15, -0.1) is 10.2 Å². The van der Waals surface area contributed by atoms with Crippen LogP contribution in [-0.2, 0) is 12.1 Å². The summed E-state index contributed by atoms with van der Waals surface area (Å²) in [5, 5.41) is 16.6. The van der Waals surface area contributed by atoms with Crippen LogP contribution < -0.4 is 10.1 Å². The van der Waals surface area contributed by atoms with Gasteiger partial charge >= 0.3 is 0 Å². The van der Waals surface area contributed by atoms with Gasteiger partial charge in [-0.05, 0) is 49.2 Å². The van der Waals surface area contributed by atoms with E-state index in [0.717, 1.165) is 12.8 Å². The van der Waals surface area contributed by atoms with Crippen LogP contribution in [0.2, 0.25) is 0 Å². The number of rotatable bonds is 6. The van der Waals surface area contributed by atoms with E-state index in [1.807, 2.05) is 0 Å². The summed E-state index contributed by atoms with van der Waals surface area (Å²) in [5.74, 6) is 0.951. The van der Waals surface area contributed by atoms with E-state index in [2.05, 4.69) is 25.9 Å². The highest BCUT2D eigenvalue weighted by Gasteiger charge is 2.50. The summed E-state index contributed by atoms with van der Waals surface area (Å²) in [4.78, 5) is 12.3. The van der Waals surface area contributed by atoms with Crippen LogP contribution in [0.15, 0.2) is 40.8 Å². The Morgan fingerprint density at radius 3 is 2.76 bits per heavy atom. The molecule has 0 radical (unpaired) electrons. The molecule has 2 aromatic heterocycles. The number of halogens is 1. The molecule has 1 fully saturated rings. The fourth-order valence-corrected chi connectivity index (χ4v) is 2.44. The molecule has 0 unspecified atom stereocenters. The molecular weight excluding hydrogens is 329 g/mol. The first-order valence-corrected chi connectivity index (χ1v) is 7.68. The van der Waals surface area contributed by atoms with Crippen LogP contribution in [0.1, 0.15) is 35.0 Å². The normalized spacial score (nSPS) is 14.9. The molecule has 128 valence electrons. The Labute approximate surface area is 141 Å². The second-order valence-electron chi connectivity index (χ2n) is 5.78. The molecule has 1 aliphatic rings. The molecule has 0 bridgehead atoms. The Balaban J connectivity index is 1.37. The first-order valence-electron chi connectivity index (χ1n) is 7.68. The number of ether oxygens (including phenoxy) is 1. The lowest BCUT2D eigenvalue weighted by molar-refractivity contribution is 0.0896. The second kappa shape index (κ2) is 6.00. The molecule has 0 saturated heterocycles. The number of amides is 1. The number of carbonyl (C=O) groups excluding carboxylic acids is 1. The van der Waals surface area contributed by atoms with Gasteiger partial charge in [-0.25, -0.2) is 4.39 Å². The molecule has 8 nitrogen and oxygen atoms in total. The van der Waals surface area contributed by atoms with Gasteiger partial charge in [0.25, 0.3) is 5.91 Å². The minimum atomic E-state index is -0.568. The Kier molecular flexibility index (Phi) is 3.68. The number of aromatic amines is 1. The van der Waals surface area contributed by atoms with Crippen LogP contribution in [-0.4, -0.2) is 26.5 Å². The van der Waals surface area contributed by atoms with Crippen LogP contribution in [0.4, 0.5) is 4.39 Å². The van der Waals surface area contributed by atoms with E-state index in [4.69, 9.17) is 9.15 Å². The minimum Gasteiger partial charge on any atom is -0.486 e. The van der Waals surface area contributed by atoms with Crippen LogP contribution in [0.5, 0.6) is 5.75 Å². The van der Waals surface area contributed by atoms with Crippen molar-refractivity contribution in [1.29, 1.82) is 0 Å². The maximum atomic E-state index is 12.9. The molecular formula is C16H14FN5O3. The quantitative estimate of drug-likeness (QED) is 0.708. The van der Waals surface area contributed by atoms with Crippen LogP contribution in [0, 0.1) is 5.82 Å². The standard InChI is InChI=1S/C16H14FN5O3/c17-10-1-3-11(4-2-10)24-9-12-5-6-13(25-12)14(23)18-16(7-8-16)15-19-21-22-20-15/h1-6H,7-9H2,(H,18,23)(H,19,20,21,22). The van der Waals surface area contributed by atoms with E-state index >= 15 is 0 Å². The largest absolute Gasteiger partial charge is 0.486 e. The summed E-state index contributed by atoms with van der Waals surface area (Å²) >= 11 is 0. The average Bonchev–Trinajstić information content (AvgIpc) is 3.07. The molecule has 4 rings (SSSR count). The van der Waals surface area contributed by atoms with Gasteiger partial charge in [-0.1, -0.05) is 5.21 Å². The number of H-pyrrole nitrogens is 1. The summed E-state index contributed by atoms with van der Waals surface area (Å²) in [5.41, 5.74) is -0.568. The number of nitrogens with one attached hydrogen (secondary N) is 2. The predicted molar refractivity (Wildman–Crippen MR) is 82.0 cm³/mol. The van der Waals surface area contributed by atoms with Gasteiger partial charge in [-0.3, -0.25) is 4.79 Å². The smallest absolute Gasteiger partial charge is 0.287 e. The van der Waals surface area contributed by atoms with Crippen molar-refractivity contribution in [2.75, 3.05) is 0 Å². The van der Waals surface area contributed by atoms with Gasteiger partial charge < -0.3 is 14.5 Å². The minimum absolute atomic E-state index is 0.134. The molecule has 1 amide bonds. The van der Waals surface area contributed by atoms with Crippen LogP contribution >= 0.6 is 0 Å². The number of benzene rings is 1. The Hall–Kier alpha value is -3.23. The molecule has 25 heavy (non-hydrogen) atoms. The number of tetrazole rings is 1. The fraction of sp³-hybridized carbons (Fsp3) is 0.250. The Bertz CT molecular complexity index is 872. The third-order valence-corrected chi connectivity index (χ3v) is 3.96. The SMILES string of the molecule is O=C(NC1(c2nn[nH]n2)CC1)c1ccc(COc2ccc(F)cc2)o1. The number of aromatic nitrogens is 4. The van der Waals surface area contributed by atoms with Crippen molar-refractivity contribution in [3.63, 3.8) is 0 Å². The van der Waals surface area contributed by atoms with Crippen molar-refractivity contribution >= 4 is 5.91 Å². The Morgan fingerprint density at radius 1 is 1.28 bits per heavy atom. The summed E-state index contributed by atoms with van der Waals surface area (Å²) in [6.07, 6.45) is 1.50. The highest BCUT2D eigenvalue weighted by atomic mass is 19.1. The summed E-state index contributed by atoms with van der Waals surface area (Å²) in [6.45, 7) is 0.134. The van der Waals surface area contributed by atoms with Crippen LogP contribution in [0.3, 0.4) is 0 Å². The Morgan fingerprint density at radius 2 is 2.08 bits per heavy atom. The molecule has 0 spiro atoms. The predicted octanol–water partition coefficient (Wildman–Crippen LogP) is 1.93. The van der Waals surface area contributed by atoms with E-state index < -0.39 is 5.54 Å². The second-order valence-corrected chi connectivity index (χ2v) is 5.78. The molecule has 1 aromatic carbocycles. The maximum absolute atomic E-state index is 12.9. The molecule has 2 heterocycles. The van der Waals surface area contributed by atoms with Crippen molar-refractivity contribution in [3.05, 3.63) is 59.6 Å². The monoisotopic (exact) mass is 343 g/mol. The molecule has 9 heteroatoms. The molecule has 0 aliphatic heterocycles. The molecule has 1 aliphatic carbocycles. The lowest BCUT2D eigenvalue weighted by Crippen LogP contribution is -2.35. The van der Waals surface area contributed by atoms with Crippen molar-refractivity contribution < 1.29 is 18.3 Å². The van der Waals surface area contributed by atoms with Crippen LogP contribution in [0.25, 0.3) is 0 Å². The zero-order valence-electron chi connectivity index (χ0n) is 13.0. The topological polar surface area (TPSA) is 106 Å². The van der Waals surface area contributed by atoms with Gasteiger partial charge in [0.05, 0.1) is 0 Å². The van der Waals surface area contributed by atoms with Gasteiger partial charge in [-0.2, -0.15) is 5.21 Å². The summed E-state index contributed by atoms with van der Waals surface area (Å²) < 4.78 is 23.8. The van der Waals surface area contributed by atoms with Crippen molar-refractivity contribution in [1.82, 2.24) is 25.9 Å². The number of furan rings is 1. The summed E-state index contributed by atoms with van der Waals surface area (Å²) in [6, 6.07) is 8.89. The average molecular weight is 343 g/mol. The molecule has 1 saturated carbocycles. The maximum Gasteiger partial charge on any atom is 0.287 e. The lowest BCUT2D eigenvalue weighted by Gasteiger charge is -2.11.